The lowest BCUT2D eigenvalue weighted by Gasteiger charge is -2.23. The summed E-state index contributed by atoms with van der Waals surface area (Å²) in [5.74, 6) is 0.368. The van der Waals surface area contributed by atoms with Gasteiger partial charge in [0.25, 0.3) is 0 Å². The summed E-state index contributed by atoms with van der Waals surface area (Å²) in [4.78, 5) is 0. The first-order valence-electron chi connectivity index (χ1n) is 8.87. The summed E-state index contributed by atoms with van der Waals surface area (Å²) >= 11 is 0. The highest BCUT2D eigenvalue weighted by Gasteiger charge is 2.19. The van der Waals surface area contributed by atoms with Gasteiger partial charge in [-0.05, 0) is 61.7 Å². The highest BCUT2D eigenvalue weighted by Crippen LogP contribution is 2.35. The minimum atomic E-state index is -0.0567. The van der Waals surface area contributed by atoms with E-state index < -0.39 is 0 Å². The van der Waals surface area contributed by atoms with E-state index in [1.54, 1.807) is 6.08 Å². The molecule has 0 saturated carbocycles. The molecule has 0 saturated heterocycles. The highest BCUT2D eigenvalue weighted by molar-refractivity contribution is 5.44. The Labute approximate surface area is 140 Å². The smallest absolute Gasteiger partial charge is 0.126 e. The van der Waals surface area contributed by atoms with Crippen LogP contribution in [0.4, 0.5) is 4.39 Å². The molecule has 2 N–H and O–H groups in total. The monoisotopic (exact) mass is 315 g/mol. The van der Waals surface area contributed by atoms with Gasteiger partial charge in [-0.3, -0.25) is 0 Å². The van der Waals surface area contributed by atoms with Crippen LogP contribution in [0.15, 0.2) is 59.0 Å². The summed E-state index contributed by atoms with van der Waals surface area (Å²) in [5, 5.41) is 0. The number of halogens is 1. The van der Waals surface area contributed by atoms with E-state index in [1.807, 2.05) is 6.08 Å². The summed E-state index contributed by atoms with van der Waals surface area (Å²) in [6.07, 6.45) is 14.6. The number of allylic oxidation sites excluding steroid dienone is 7. The lowest BCUT2D eigenvalue weighted by atomic mass is 9.84. The Balaban J connectivity index is 1.95. The lowest BCUT2D eigenvalue weighted by molar-refractivity contribution is 0.596. The number of nitrogens with two attached hydrogens (primary N) is 1. The Morgan fingerprint density at radius 1 is 1.39 bits per heavy atom. The largest absolute Gasteiger partial charge is 0.327 e. The van der Waals surface area contributed by atoms with Crippen LogP contribution < -0.4 is 5.73 Å². The zero-order valence-corrected chi connectivity index (χ0v) is 14.6. The lowest BCUT2D eigenvalue weighted by Crippen LogP contribution is -2.21. The van der Waals surface area contributed by atoms with Crippen molar-refractivity contribution >= 4 is 0 Å². The quantitative estimate of drug-likeness (QED) is 0.580. The Morgan fingerprint density at radius 2 is 2.17 bits per heavy atom. The second-order valence-electron chi connectivity index (χ2n) is 7.05. The van der Waals surface area contributed by atoms with Crippen molar-refractivity contribution < 1.29 is 4.39 Å². The Bertz CT molecular complexity index is 562. The van der Waals surface area contributed by atoms with E-state index >= 15 is 0 Å². The van der Waals surface area contributed by atoms with Gasteiger partial charge in [-0.2, -0.15) is 0 Å². The van der Waals surface area contributed by atoms with Gasteiger partial charge in [0.2, 0.25) is 0 Å². The van der Waals surface area contributed by atoms with Gasteiger partial charge in [0, 0.05) is 6.04 Å². The van der Waals surface area contributed by atoms with Crippen molar-refractivity contribution in [1.82, 2.24) is 0 Å². The van der Waals surface area contributed by atoms with Crippen LogP contribution in [0.5, 0.6) is 0 Å². The average Bonchev–Trinajstić information content (AvgIpc) is 2.50. The molecule has 0 aromatic rings. The molecule has 0 bridgehead atoms. The Morgan fingerprint density at radius 3 is 2.83 bits per heavy atom. The van der Waals surface area contributed by atoms with Gasteiger partial charge >= 0.3 is 0 Å². The Hall–Kier alpha value is -1.41. The van der Waals surface area contributed by atoms with Crippen LogP contribution in [0, 0.1) is 5.92 Å². The highest BCUT2D eigenvalue weighted by atomic mass is 19.1. The third-order valence-electron chi connectivity index (χ3n) is 4.69. The predicted octanol–water partition coefficient (Wildman–Crippen LogP) is 5.92. The average molecular weight is 315 g/mol. The fraction of sp³-hybridized carbons (Fsp3) is 0.524. The molecule has 2 atom stereocenters. The molecule has 0 aromatic carbocycles. The van der Waals surface area contributed by atoms with Crippen molar-refractivity contribution in [2.45, 2.75) is 64.8 Å². The number of hydrogen-bond donors (Lipinski definition) is 1. The van der Waals surface area contributed by atoms with Gasteiger partial charge in [0.05, 0.1) is 0 Å². The fourth-order valence-electron chi connectivity index (χ4n) is 3.46. The molecule has 2 heteroatoms. The van der Waals surface area contributed by atoms with Crippen molar-refractivity contribution in [2.75, 3.05) is 0 Å². The third-order valence-corrected chi connectivity index (χ3v) is 4.69. The minimum Gasteiger partial charge on any atom is -0.327 e. The van der Waals surface area contributed by atoms with E-state index in [0.29, 0.717) is 5.92 Å². The van der Waals surface area contributed by atoms with Crippen LogP contribution in [-0.4, -0.2) is 6.04 Å². The van der Waals surface area contributed by atoms with Gasteiger partial charge in [-0.1, -0.05) is 56.2 Å². The summed E-state index contributed by atoms with van der Waals surface area (Å²) in [6.45, 7) is 8.40. The molecule has 23 heavy (non-hydrogen) atoms. The van der Waals surface area contributed by atoms with E-state index in [9.17, 15) is 4.39 Å². The normalized spacial score (nSPS) is 22.7. The van der Waals surface area contributed by atoms with Gasteiger partial charge in [0.15, 0.2) is 0 Å². The molecular formula is C21H30FN. The zero-order chi connectivity index (χ0) is 16.8. The molecule has 0 amide bonds. The Kier molecular flexibility index (Phi) is 6.59. The van der Waals surface area contributed by atoms with Crippen LogP contribution >= 0.6 is 0 Å². The topological polar surface area (TPSA) is 26.0 Å². The molecule has 2 aliphatic rings. The maximum Gasteiger partial charge on any atom is 0.126 e. The molecule has 0 spiro atoms. The maximum atomic E-state index is 14.0. The van der Waals surface area contributed by atoms with Crippen molar-refractivity contribution in [1.29, 1.82) is 0 Å². The molecule has 0 radical (unpaired) electrons. The van der Waals surface area contributed by atoms with Crippen LogP contribution in [-0.2, 0) is 0 Å². The molecule has 2 aliphatic carbocycles. The van der Waals surface area contributed by atoms with Crippen molar-refractivity contribution in [3.63, 3.8) is 0 Å². The van der Waals surface area contributed by atoms with Crippen LogP contribution in [0.1, 0.15) is 58.8 Å². The molecule has 2 rings (SSSR count). The third kappa shape index (κ3) is 5.31. The van der Waals surface area contributed by atoms with E-state index in [1.165, 1.54) is 11.1 Å². The number of rotatable bonds is 7. The summed E-state index contributed by atoms with van der Waals surface area (Å²) in [6, 6.07) is 0.156. The molecule has 0 aliphatic heterocycles. The first kappa shape index (κ1) is 17.9. The second kappa shape index (κ2) is 8.44. The first-order valence-corrected chi connectivity index (χ1v) is 8.87. The van der Waals surface area contributed by atoms with Crippen molar-refractivity contribution in [3.8, 4) is 0 Å². The van der Waals surface area contributed by atoms with Gasteiger partial charge < -0.3 is 5.73 Å². The molecule has 1 nitrogen and oxygen atoms in total. The van der Waals surface area contributed by atoms with Gasteiger partial charge in [-0.15, -0.1) is 0 Å². The summed E-state index contributed by atoms with van der Waals surface area (Å²) in [7, 11) is 0. The first-order chi connectivity index (χ1) is 11.0. The minimum absolute atomic E-state index is 0.0567. The second-order valence-corrected chi connectivity index (χ2v) is 7.05. The molecule has 0 aromatic heterocycles. The molecule has 2 unspecified atom stereocenters. The molecule has 0 fully saturated rings. The molecular weight excluding hydrogens is 285 g/mol. The molecule has 0 heterocycles. The standard InChI is InChI=1S/C21H30FN/c1-4-5-15(2)12-19(23)14-17-7-9-18(10-8-17)20-13-16(3)6-11-21(20)22/h6-7,9,11,16,19H,2,4-5,8,10,12-14,23H2,1,3H3. The van der Waals surface area contributed by atoms with Crippen LogP contribution in [0.2, 0.25) is 0 Å². The molecule has 126 valence electrons. The van der Waals surface area contributed by atoms with Crippen molar-refractivity contribution in [2.24, 2.45) is 11.7 Å². The van der Waals surface area contributed by atoms with Crippen molar-refractivity contribution in [3.05, 3.63) is 59.0 Å². The zero-order valence-electron chi connectivity index (χ0n) is 14.6. The predicted molar refractivity (Wildman–Crippen MR) is 97.7 cm³/mol. The fourth-order valence-corrected chi connectivity index (χ4v) is 3.46. The van der Waals surface area contributed by atoms with E-state index in [2.05, 4.69) is 32.6 Å². The van der Waals surface area contributed by atoms with E-state index in [0.717, 1.165) is 56.1 Å². The summed E-state index contributed by atoms with van der Waals surface area (Å²) in [5.41, 5.74) is 10.9. The number of hydrogen-bond acceptors (Lipinski definition) is 1. The van der Waals surface area contributed by atoms with E-state index in [4.69, 9.17) is 5.73 Å². The SMILES string of the molecule is C=C(CCC)CC(N)CC1=CC=C(C2=C(F)C=CC(C)C2)CC1. The van der Waals surface area contributed by atoms with Crippen LogP contribution in [0.25, 0.3) is 0 Å². The van der Waals surface area contributed by atoms with E-state index in [-0.39, 0.29) is 11.9 Å². The van der Waals surface area contributed by atoms with Gasteiger partial charge in [-0.25, -0.2) is 4.39 Å². The van der Waals surface area contributed by atoms with Crippen LogP contribution in [0.3, 0.4) is 0 Å². The van der Waals surface area contributed by atoms with Gasteiger partial charge in [0.1, 0.15) is 5.83 Å². The maximum absolute atomic E-state index is 14.0. The summed E-state index contributed by atoms with van der Waals surface area (Å²) < 4.78 is 14.0.